The number of carbonyl (C=O) groups excluding carboxylic acids is 2. The van der Waals surface area contributed by atoms with Crippen LogP contribution in [0.1, 0.15) is 32.1 Å². The Morgan fingerprint density at radius 2 is 1.80 bits per heavy atom. The van der Waals surface area contributed by atoms with E-state index in [0.29, 0.717) is 42.9 Å². The van der Waals surface area contributed by atoms with E-state index in [1.807, 2.05) is 6.07 Å². The topological polar surface area (TPSA) is 86.7 Å². The van der Waals surface area contributed by atoms with Crippen LogP contribution in [0, 0.1) is 11.8 Å². The minimum Gasteiger partial charge on any atom is -0.481 e. The summed E-state index contributed by atoms with van der Waals surface area (Å²) >= 11 is 6.15. The molecule has 2 fully saturated rings. The number of benzene rings is 1. The molecule has 1 heterocycles. The van der Waals surface area contributed by atoms with Crippen molar-refractivity contribution in [2.75, 3.05) is 11.4 Å². The van der Waals surface area contributed by atoms with Gasteiger partial charge in [-0.25, -0.2) is 0 Å². The van der Waals surface area contributed by atoms with Crippen molar-refractivity contribution in [1.82, 2.24) is 5.32 Å². The number of aliphatic carboxylic acids is 1. The molecule has 1 aliphatic carbocycles. The maximum Gasteiger partial charge on any atom is 0.306 e. The first-order valence-corrected chi connectivity index (χ1v) is 8.91. The molecule has 2 aliphatic rings. The van der Waals surface area contributed by atoms with E-state index in [4.69, 9.17) is 16.7 Å². The van der Waals surface area contributed by atoms with E-state index in [1.165, 1.54) is 0 Å². The Morgan fingerprint density at radius 1 is 1.12 bits per heavy atom. The van der Waals surface area contributed by atoms with Crippen LogP contribution in [0.4, 0.5) is 5.69 Å². The largest absolute Gasteiger partial charge is 0.481 e. The number of anilines is 1. The van der Waals surface area contributed by atoms with Crippen molar-refractivity contribution in [1.29, 1.82) is 0 Å². The maximum absolute atomic E-state index is 12.5. The van der Waals surface area contributed by atoms with E-state index in [0.717, 1.165) is 0 Å². The SMILES string of the molecule is O=C(O)C1CCC(NC(=O)C2CC(=O)N(c3ccccc3Cl)C2)CC1. The van der Waals surface area contributed by atoms with Crippen LogP contribution >= 0.6 is 11.6 Å². The van der Waals surface area contributed by atoms with Crippen LogP contribution in [0.2, 0.25) is 5.02 Å². The summed E-state index contributed by atoms with van der Waals surface area (Å²) in [5.74, 6) is -1.72. The first-order chi connectivity index (χ1) is 12.0. The predicted octanol–water partition coefficient (Wildman–Crippen LogP) is 2.45. The highest BCUT2D eigenvalue weighted by Gasteiger charge is 2.37. The first-order valence-electron chi connectivity index (χ1n) is 8.53. The van der Waals surface area contributed by atoms with Crippen molar-refractivity contribution >= 4 is 35.1 Å². The highest BCUT2D eigenvalue weighted by Crippen LogP contribution is 2.31. The molecule has 3 rings (SSSR count). The van der Waals surface area contributed by atoms with Crippen molar-refractivity contribution < 1.29 is 19.5 Å². The average Bonchev–Trinajstić information content (AvgIpc) is 2.97. The normalized spacial score (nSPS) is 26.5. The number of rotatable bonds is 4. The lowest BCUT2D eigenvalue weighted by Gasteiger charge is -2.27. The van der Waals surface area contributed by atoms with E-state index in [2.05, 4.69) is 5.32 Å². The predicted molar refractivity (Wildman–Crippen MR) is 93.4 cm³/mol. The number of nitrogens with one attached hydrogen (secondary N) is 1. The molecule has 0 radical (unpaired) electrons. The van der Waals surface area contributed by atoms with Crippen LogP contribution in [0.25, 0.3) is 0 Å². The second-order valence-corrected chi connectivity index (χ2v) is 7.16. The number of para-hydroxylation sites is 1. The summed E-state index contributed by atoms with van der Waals surface area (Å²) in [4.78, 5) is 37.3. The second kappa shape index (κ2) is 7.44. The molecular weight excluding hydrogens is 344 g/mol. The van der Waals surface area contributed by atoms with Gasteiger partial charge >= 0.3 is 5.97 Å². The molecule has 1 aliphatic heterocycles. The third kappa shape index (κ3) is 3.95. The van der Waals surface area contributed by atoms with Gasteiger partial charge in [-0.3, -0.25) is 14.4 Å². The third-order valence-electron chi connectivity index (χ3n) is 5.06. The molecule has 0 spiro atoms. The van der Waals surface area contributed by atoms with Gasteiger partial charge in [0.1, 0.15) is 0 Å². The van der Waals surface area contributed by atoms with Crippen molar-refractivity contribution in [3.05, 3.63) is 29.3 Å². The molecule has 1 aromatic rings. The number of nitrogens with zero attached hydrogens (tertiary/aromatic N) is 1. The summed E-state index contributed by atoms with van der Waals surface area (Å²) < 4.78 is 0. The number of carbonyl (C=O) groups is 3. The molecule has 7 heteroatoms. The van der Waals surface area contributed by atoms with Gasteiger partial charge in [-0.1, -0.05) is 23.7 Å². The summed E-state index contributed by atoms with van der Waals surface area (Å²) in [6.07, 6.45) is 2.65. The molecule has 1 aromatic carbocycles. The second-order valence-electron chi connectivity index (χ2n) is 6.75. The average molecular weight is 365 g/mol. The summed E-state index contributed by atoms with van der Waals surface area (Å²) in [6, 6.07) is 7.09. The van der Waals surface area contributed by atoms with Gasteiger partial charge in [0.25, 0.3) is 0 Å². The fourth-order valence-electron chi connectivity index (χ4n) is 3.59. The van der Waals surface area contributed by atoms with Crippen molar-refractivity contribution in [2.45, 2.75) is 38.1 Å². The van der Waals surface area contributed by atoms with Gasteiger partial charge in [0.2, 0.25) is 11.8 Å². The third-order valence-corrected chi connectivity index (χ3v) is 5.38. The van der Waals surface area contributed by atoms with Gasteiger partial charge in [0, 0.05) is 19.0 Å². The Hall–Kier alpha value is -2.08. The summed E-state index contributed by atoms with van der Waals surface area (Å²) in [6.45, 7) is 0.318. The minimum absolute atomic E-state index is 0.00688. The molecule has 0 bridgehead atoms. The van der Waals surface area contributed by atoms with Gasteiger partial charge in [-0.15, -0.1) is 0 Å². The van der Waals surface area contributed by atoms with Crippen LogP contribution in [0.3, 0.4) is 0 Å². The highest BCUT2D eigenvalue weighted by molar-refractivity contribution is 6.33. The standard InChI is InChI=1S/C18H21ClN2O4/c19-14-3-1-2-4-15(14)21-10-12(9-16(21)22)17(23)20-13-7-5-11(6-8-13)18(24)25/h1-4,11-13H,5-10H2,(H,20,23)(H,24,25). The zero-order valence-corrected chi connectivity index (χ0v) is 14.5. The number of halogens is 1. The molecule has 1 saturated heterocycles. The number of amides is 2. The molecule has 0 aromatic heterocycles. The molecule has 1 unspecified atom stereocenters. The lowest BCUT2D eigenvalue weighted by atomic mass is 9.86. The van der Waals surface area contributed by atoms with Crippen LogP contribution in [-0.2, 0) is 14.4 Å². The van der Waals surface area contributed by atoms with Crippen LogP contribution in [-0.4, -0.2) is 35.5 Å². The highest BCUT2D eigenvalue weighted by atomic mass is 35.5. The Labute approximate surface area is 151 Å². The van der Waals surface area contributed by atoms with E-state index in [9.17, 15) is 14.4 Å². The zero-order chi connectivity index (χ0) is 18.0. The fourth-order valence-corrected chi connectivity index (χ4v) is 3.83. The zero-order valence-electron chi connectivity index (χ0n) is 13.8. The van der Waals surface area contributed by atoms with E-state index in [1.54, 1.807) is 23.1 Å². The number of hydrogen-bond acceptors (Lipinski definition) is 3. The van der Waals surface area contributed by atoms with Crippen LogP contribution in [0.15, 0.2) is 24.3 Å². The summed E-state index contributed by atoms with van der Waals surface area (Å²) in [5, 5.41) is 12.5. The molecule has 2 amide bonds. The lowest BCUT2D eigenvalue weighted by Crippen LogP contribution is -2.42. The Kier molecular flexibility index (Phi) is 5.27. The van der Waals surface area contributed by atoms with Crippen LogP contribution < -0.4 is 10.2 Å². The Bertz CT molecular complexity index is 685. The molecule has 25 heavy (non-hydrogen) atoms. The monoisotopic (exact) mass is 364 g/mol. The van der Waals surface area contributed by atoms with Crippen LogP contribution in [0.5, 0.6) is 0 Å². The van der Waals surface area contributed by atoms with Crippen molar-refractivity contribution in [3.8, 4) is 0 Å². The van der Waals surface area contributed by atoms with E-state index >= 15 is 0 Å². The smallest absolute Gasteiger partial charge is 0.306 e. The van der Waals surface area contributed by atoms with Gasteiger partial charge in [0.05, 0.1) is 22.5 Å². The number of carboxylic acid groups (broad SMARTS) is 1. The van der Waals surface area contributed by atoms with E-state index < -0.39 is 11.9 Å². The maximum atomic E-state index is 12.5. The Balaban J connectivity index is 1.57. The van der Waals surface area contributed by atoms with Gasteiger partial charge in [-0.2, -0.15) is 0 Å². The van der Waals surface area contributed by atoms with E-state index in [-0.39, 0.29) is 30.2 Å². The van der Waals surface area contributed by atoms with Gasteiger partial charge in [0.15, 0.2) is 0 Å². The van der Waals surface area contributed by atoms with Crippen molar-refractivity contribution in [3.63, 3.8) is 0 Å². The number of carboxylic acids is 1. The lowest BCUT2D eigenvalue weighted by molar-refractivity contribution is -0.142. The van der Waals surface area contributed by atoms with Crippen molar-refractivity contribution in [2.24, 2.45) is 11.8 Å². The molecular formula is C18H21ClN2O4. The molecule has 6 nitrogen and oxygen atoms in total. The quantitative estimate of drug-likeness (QED) is 0.859. The molecule has 1 saturated carbocycles. The van der Waals surface area contributed by atoms with Gasteiger partial charge < -0.3 is 15.3 Å². The minimum atomic E-state index is -0.762. The number of hydrogen-bond donors (Lipinski definition) is 2. The summed E-state index contributed by atoms with van der Waals surface area (Å²) in [5.41, 5.74) is 0.631. The molecule has 2 N–H and O–H groups in total. The first kappa shape index (κ1) is 17.7. The van der Waals surface area contributed by atoms with Gasteiger partial charge in [-0.05, 0) is 37.8 Å². The molecule has 134 valence electrons. The summed E-state index contributed by atoms with van der Waals surface area (Å²) in [7, 11) is 0. The fraction of sp³-hybridized carbons (Fsp3) is 0.500. The molecule has 1 atom stereocenters. The Morgan fingerprint density at radius 3 is 2.44 bits per heavy atom.